The molecule has 0 aliphatic heterocycles. The Balaban J connectivity index is 1.56. The summed E-state index contributed by atoms with van der Waals surface area (Å²) >= 11 is 13.3. The van der Waals surface area contributed by atoms with Crippen molar-refractivity contribution in [3.05, 3.63) is 87.9 Å². The summed E-state index contributed by atoms with van der Waals surface area (Å²) in [5, 5.41) is 5.93. The first-order chi connectivity index (χ1) is 15.2. The zero-order valence-electron chi connectivity index (χ0n) is 16.9. The first-order valence-corrected chi connectivity index (χ1v) is 11.1. The molecule has 0 radical (unpaired) electrons. The molecule has 164 valence electrons. The normalized spacial score (nSPS) is 11.5. The second-order valence-corrected chi connectivity index (χ2v) is 9.05. The van der Waals surface area contributed by atoms with Crippen LogP contribution in [0.3, 0.4) is 0 Å². The monoisotopic (exact) mass is 487 g/mol. The van der Waals surface area contributed by atoms with E-state index in [9.17, 15) is 14.4 Å². The van der Waals surface area contributed by atoms with Crippen molar-refractivity contribution in [2.24, 2.45) is 5.73 Å². The molecule has 0 aromatic heterocycles. The molecule has 3 amide bonds. The maximum absolute atomic E-state index is 12.5. The molecular formula is C23H19Cl2N3O3S. The van der Waals surface area contributed by atoms with E-state index in [4.69, 9.17) is 28.9 Å². The average molecular weight is 488 g/mol. The largest absolute Gasteiger partial charge is 0.366 e. The Morgan fingerprint density at radius 1 is 0.875 bits per heavy atom. The Labute approximate surface area is 199 Å². The lowest BCUT2D eigenvalue weighted by Gasteiger charge is -2.13. The van der Waals surface area contributed by atoms with Crippen LogP contribution >= 0.6 is 35.0 Å². The fourth-order valence-electron chi connectivity index (χ4n) is 2.71. The van der Waals surface area contributed by atoms with Crippen LogP contribution in [-0.4, -0.2) is 23.0 Å². The van der Waals surface area contributed by atoms with Gasteiger partial charge in [0.25, 0.3) is 5.91 Å². The van der Waals surface area contributed by atoms with Gasteiger partial charge in [0.05, 0.1) is 15.8 Å². The first kappa shape index (κ1) is 23.7. The van der Waals surface area contributed by atoms with Crippen molar-refractivity contribution in [1.82, 2.24) is 0 Å². The highest BCUT2D eigenvalue weighted by Gasteiger charge is 2.15. The Hall–Kier alpha value is -3.00. The molecule has 3 rings (SSSR count). The minimum atomic E-state index is -0.525. The number of benzene rings is 3. The zero-order chi connectivity index (χ0) is 23.3. The van der Waals surface area contributed by atoms with Crippen LogP contribution in [0.25, 0.3) is 0 Å². The third-order valence-corrected chi connectivity index (χ3v) is 6.07. The number of halogens is 2. The predicted octanol–water partition coefficient (Wildman–Crippen LogP) is 5.46. The summed E-state index contributed by atoms with van der Waals surface area (Å²) in [6.07, 6.45) is 0. The fraction of sp³-hybridized carbons (Fsp3) is 0.0870. The van der Waals surface area contributed by atoms with Crippen LogP contribution in [-0.2, 0) is 4.79 Å². The molecule has 1 unspecified atom stereocenters. The predicted molar refractivity (Wildman–Crippen MR) is 130 cm³/mol. The maximum atomic E-state index is 12.5. The first-order valence-electron chi connectivity index (χ1n) is 9.47. The zero-order valence-corrected chi connectivity index (χ0v) is 19.2. The van der Waals surface area contributed by atoms with Gasteiger partial charge in [-0.3, -0.25) is 14.4 Å². The summed E-state index contributed by atoms with van der Waals surface area (Å²) in [5.41, 5.74) is 7.08. The van der Waals surface area contributed by atoms with Crippen LogP contribution < -0.4 is 16.4 Å². The van der Waals surface area contributed by atoms with Gasteiger partial charge in [-0.1, -0.05) is 23.2 Å². The van der Waals surface area contributed by atoms with Gasteiger partial charge in [-0.05, 0) is 73.7 Å². The van der Waals surface area contributed by atoms with Crippen LogP contribution in [0.2, 0.25) is 10.0 Å². The summed E-state index contributed by atoms with van der Waals surface area (Å²) in [7, 11) is 0. The number of hydrogen-bond acceptors (Lipinski definition) is 4. The molecule has 9 heteroatoms. The topological polar surface area (TPSA) is 101 Å². The number of rotatable bonds is 7. The molecule has 0 spiro atoms. The van der Waals surface area contributed by atoms with Gasteiger partial charge in [-0.25, -0.2) is 0 Å². The van der Waals surface area contributed by atoms with Crippen LogP contribution in [0.4, 0.5) is 11.4 Å². The van der Waals surface area contributed by atoms with Crippen LogP contribution in [0.15, 0.2) is 71.6 Å². The minimum Gasteiger partial charge on any atom is -0.366 e. The van der Waals surface area contributed by atoms with Crippen molar-refractivity contribution in [2.45, 2.75) is 17.1 Å². The Morgan fingerprint density at radius 2 is 1.47 bits per heavy atom. The second kappa shape index (κ2) is 10.5. The molecule has 0 saturated heterocycles. The Kier molecular flexibility index (Phi) is 7.80. The van der Waals surface area contributed by atoms with Gasteiger partial charge in [0.15, 0.2) is 0 Å². The molecule has 3 aromatic rings. The quantitative estimate of drug-likeness (QED) is 0.384. The highest BCUT2D eigenvalue weighted by atomic mass is 35.5. The van der Waals surface area contributed by atoms with E-state index in [0.29, 0.717) is 27.5 Å². The molecule has 4 N–H and O–H groups in total. The second-order valence-electron chi connectivity index (χ2n) is 6.79. The lowest BCUT2D eigenvalue weighted by atomic mass is 10.2. The summed E-state index contributed by atoms with van der Waals surface area (Å²) in [6.45, 7) is 1.79. The molecule has 0 bridgehead atoms. The molecule has 0 saturated carbocycles. The molecule has 32 heavy (non-hydrogen) atoms. The van der Waals surface area contributed by atoms with E-state index in [-0.39, 0.29) is 22.1 Å². The van der Waals surface area contributed by atoms with Crippen molar-refractivity contribution in [3.63, 3.8) is 0 Å². The maximum Gasteiger partial charge on any atom is 0.257 e. The van der Waals surface area contributed by atoms with E-state index in [2.05, 4.69) is 10.6 Å². The lowest BCUT2D eigenvalue weighted by Crippen LogP contribution is -2.22. The molecule has 0 heterocycles. The van der Waals surface area contributed by atoms with Crippen LogP contribution in [0.1, 0.15) is 27.6 Å². The van der Waals surface area contributed by atoms with Crippen molar-refractivity contribution >= 4 is 64.1 Å². The number of hydrogen-bond donors (Lipinski definition) is 3. The lowest BCUT2D eigenvalue weighted by molar-refractivity contribution is -0.115. The summed E-state index contributed by atoms with van der Waals surface area (Å²) in [5.74, 6) is -1.05. The van der Waals surface area contributed by atoms with Crippen LogP contribution in [0, 0.1) is 0 Å². The van der Waals surface area contributed by atoms with Crippen molar-refractivity contribution < 1.29 is 14.4 Å². The van der Waals surface area contributed by atoms with E-state index in [1.807, 2.05) is 12.1 Å². The Morgan fingerprint density at radius 3 is 2.06 bits per heavy atom. The summed E-state index contributed by atoms with van der Waals surface area (Å²) in [6, 6.07) is 18.2. The van der Waals surface area contributed by atoms with E-state index >= 15 is 0 Å². The standard InChI is InChI=1S/C23H19Cl2N3O3S/c1-13(22(30)27-16-5-2-14(3-6-16)21(26)29)32-18-9-7-17(8-10-18)28-23(31)19-11-4-15(24)12-20(19)25/h2-13H,1H3,(H2,26,29)(H,27,30)(H,28,31). The van der Waals surface area contributed by atoms with Gasteiger partial charge < -0.3 is 16.4 Å². The van der Waals surface area contributed by atoms with Gasteiger partial charge in [-0.15, -0.1) is 11.8 Å². The third kappa shape index (κ3) is 6.26. The number of nitrogens with two attached hydrogens (primary N) is 1. The number of carbonyl (C=O) groups is 3. The molecule has 1 atom stereocenters. The molecule has 0 fully saturated rings. The SMILES string of the molecule is CC(Sc1ccc(NC(=O)c2ccc(Cl)cc2Cl)cc1)C(=O)Nc1ccc(C(N)=O)cc1. The Bertz CT molecular complexity index is 1150. The van der Waals surface area contributed by atoms with Gasteiger partial charge >= 0.3 is 0 Å². The van der Waals surface area contributed by atoms with Crippen molar-refractivity contribution in [3.8, 4) is 0 Å². The van der Waals surface area contributed by atoms with E-state index in [1.54, 1.807) is 55.5 Å². The van der Waals surface area contributed by atoms with E-state index in [1.165, 1.54) is 17.8 Å². The number of primary amides is 1. The third-order valence-electron chi connectivity index (χ3n) is 4.41. The number of thioether (sulfide) groups is 1. The minimum absolute atomic E-state index is 0.184. The van der Waals surface area contributed by atoms with E-state index in [0.717, 1.165) is 4.90 Å². The fourth-order valence-corrected chi connectivity index (χ4v) is 4.07. The number of carbonyl (C=O) groups excluding carboxylic acids is 3. The highest BCUT2D eigenvalue weighted by molar-refractivity contribution is 8.00. The van der Waals surface area contributed by atoms with Gasteiger partial charge in [0.1, 0.15) is 0 Å². The van der Waals surface area contributed by atoms with Gasteiger partial charge in [-0.2, -0.15) is 0 Å². The van der Waals surface area contributed by atoms with E-state index < -0.39 is 5.91 Å². The average Bonchev–Trinajstić information content (AvgIpc) is 2.75. The molecular weight excluding hydrogens is 469 g/mol. The molecule has 0 aliphatic carbocycles. The van der Waals surface area contributed by atoms with Crippen molar-refractivity contribution in [2.75, 3.05) is 10.6 Å². The van der Waals surface area contributed by atoms with Gasteiger partial charge in [0, 0.05) is 26.9 Å². The van der Waals surface area contributed by atoms with Crippen molar-refractivity contribution in [1.29, 1.82) is 0 Å². The number of anilines is 2. The smallest absolute Gasteiger partial charge is 0.257 e. The van der Waals surface area contributed by atoms with Gasteiger partial charge in [0.2, 0.25) is 11.8 Å². The number of amides is 3. The summed E-state index contributed by atoms with van der Waals surface area (Å²) in [4.78, 5) is 36.9. The number of nitrogens with one attached hydrogen (secondary N) is 2. The van der Waals surface area contributed by atoms with Crippen LogP contribution in [0.5, 0.6) is 0 Å². The molecule has 0 aliphatic rings. The highest BCUT2D eigenvalue weighted by Crippen LogP contribution is 2.27. The molecule has 6 nitrogen and oxygen atoms in total. The summed E-state index contributed by atoms with van der Waals surface area (Å²) < 4.78 is 0. The molecule has 3 aromatic carbocycles.